The third-order valence-corrected chi connectivity index (χ3v) is 2.41. The van der Waals surface area contributed by atoms with Crippen molar-refractivity contribution in [3.05, 3.63) is 28.7 Å². The van der Waals surface area contributed by atoms with Crippen LogP contribution in [-0.2, 0) is 4.74 Å². The van der Waals surface area contributed by atoms with Crippen LogP contribution in [-0.4, -0.2) is 24.3 Å². The number of carbonyl (C=O) groups is 1. The molecule has 1 saturated heterocycles. The Morgan fingerprint density at radius 3 is 3.00 bits per heavy atom. The van der Waals surface area contributed by atoms with Crippen LogP contribution in [0.5, 0.6) is 0 Å². The summed E-state index contributed by atoms with van der Waals surface area (Å²) in [5, 5.41) is 1.38. The number of hydrogen-bond acceptors (Lipinski definition) is 4. The number of nitrogens with zero attached hydrogens (tertiary/aromatic N) is 1. The maximum Gasteiger partial charge on any atom is 0.425 e. The van der Waals surface area contributed by atoms with Crippen LogP contribution in [0.1, 0.15) is 0 Å². The van der Waals surface area contributed by atoms with Crippen molar-refractivity contribution in [1.29, 1.82) is 0 Å². The number of carbonyl (C=O) groups excluding carboxylic acids is 1. The summed E-state index contributed by atoms with van der Waals surface area (Å²) in [6.07, 6.45) is -0.363. The van der Waals surface area contributed by atoms with Gasteiger partial charge in [0.15, 0.2) is 0 Å². The minimum atomic E-state index is -0.363. The van der Waals surface area contributed by atoms with Gasteiger partial charge in [-0.25, -0.2) is 9.80 Å². The number of benzene rings is 1. The zero-order valence-electron chi connectivity index (χ0n) is 7.87. The fourth-order valence-corrected chi connectivity index (χ4v) is 1.59. The van der Waals surface area contributed by atoms with E-state index in [0.29, 0.717) is 13.2 Å². The number of cyclic esters (lactones) is 1. The highest BCUT2D eigenvalue weighted by Gasteiger charge is 2.21. The van der Waals surface area contributed by atoms with E-state index in [1.54, 1.807) is 0 Å². The van der Waals surface area contributed by atoms with E-state index in [2.05, 4.69) is 26.9 Å². The summed E-state index contributed by atoms with van der Waals surface area (Å²) in [4.78, 5) is 11.1. The summed E-state index contributed by atoms with van der Waals surface area (Å²) >= 11 is 3.35. The van der Waals surface area contributed by atoms with Crippen molar-refractivity contribution in [1.82, 2.24) is 10.5 Å². The average Bonchev–Trinajstić information content (AvgIpc) is 2.61. The molecule has 1 heterocycles. The van der Waals surface area contributed by atoms with Gasteiger partial charge in [-0.1, -0.05) is 22.0 Å². The van der Waals surface area contributed by atoms with Crippen LogP contribution in [0.3, 0.4) is 0 Å². The second-order valence-corrected chi connectivity index (χ2v) is 3.93. The van der Waals surface area contributed by atoms with Gasteiger partial charge >= 0.3 is 6.09 Å². The molecule has 0 atom stereocenters. The normalized spacial score (nSPS) is 15.3. The predicted molar refractivity (Wildman–Crippen MR) is 59.0 cm³/mol. The Kier molecular flexibility index (Phi) is 3.08. The first-order valence-electron chi connectivity index (χ1n) is 4.47. The van der Waals surface area contributed by atoms with Crippen LogP contribution >= 0.6 is 15.9 Å². The summed E-state index contributed by atoms with van der Waals surface area (Å²) in [6.45, 7) is 0.964. The lowest BCUT2D eigenvalue weighted by molar-refractivity contribution is 0.149. The molecule has 0 aromatic heterocycles. The van der Waals surface area contributed by atoms with Crippen LogP contribution < -0.4 is 11.0 Å². The molecule has 0 aliphatic carbocycles. The molecule has 2 N–H and O–H groups in total. The Labute approximate surface area is 95.5 Å². The number of amides is 1. The minimum Gasteiger partial charge on any atom is -0.446 e. The summed E-state index contributed by atoms with van der Waals surface area (Å²) < 4.78 is 5.72. The quantitative estimate of drug-likeness (QED) is 0.823. The van der Waals surface area contributed by atoms with Crippen molar-refractivity contribution in [3.8, 4) is 0 Å². The largest absolute Gasteiger partial charge is 0.446 e. The van der Waals surface area contributed by atoms with Gasteiger partial charge in [0.1, 0.15) is 6.61 Å². The van der Waals surface area contributed by atoms with Crippen LogP contribution in [0.4, 0.5) is 10.5 Å². The lowest BCUT2D eigenvalue weighted by atomic mass is 10.3. The molecule has 0 spiro atoms. The third-order valence-electron chi connectivity index (χ3n) is 1.92. The van der Waals surface area contributed by atoms with Gasteiger partial charge in [-0.3, -0.25) is 0 Å². The van der Waals surface area contributed by atoms with E-state index >= 15 is 0 Å². The van der Waals surface area contributed by atoms with Gasteiger partial charge in [-0.05, 0) is 18.2 Å². The molecule has 1 fully saturated rings. The summed E-state index contributed by atoms with van der Waals surface area (Å²) in [6, 6.07) is 7.61. The van der Waals surface area contributed by atoms with Crippen molar-refractivity contribution in [2.75, 3.05) is 18.6 Å². The number of hydrogen-bond donors (Lipinski definition) is 2. The molecule has 1 aromatic rings. The van der Waals surface area contributed by atoms with E-state index in [0.717, 1.165) is 10.2 Å². The number of rotatable bonds is 3. The summed E-state index contributed by atoms with van der Waals surface area (Å²) in [5.41, 5.74) is 6.53. The van der Waals surface area contributed by atoms with E-state index in [1.807, 2.05) is 24.3 Å². The summed E-state index contributed by atoms with van der Waals surface area (Å²) in [5.74, 6) is 0. The molecular weight excluding hydrogens is 262 g/mol. The predicted octanol–water partition coefficient (Wildman–Crippen LogP) is 1.73. The highest BCUT2D eigenvalue weighted by molar-refractivity contribution is 9.10. The molecule has 2 rings (SSSR count). The average molecular weight is 272 g/mol. The maximum atomic E-state index is 11.1. The number of halogens is 1. The van der Waals surface area contributed by atoms with Crippen LogP contribution in [0, 0.1) is 0 Å². The molecule has 80 valence electrons. The van der Waals surface area contributed by atoms with Crippen molar-refractivity contribution < 1.29 is 9.53 Å². The topological polar surface area (TPSA) is 53.6 Å². The first-order valence-corrected chi connectivity index (χ1v) is 5.26. The Morgan fingerprint density at radius 1 is 1.47 bits per heavy atom. The van der Waals surface area contributed by atoms with E-state index in [4.69, 9.17) is 4.74 Å². The summed E-state index contributed by atoms with van der Waals surface area (Å²) in [7, 11) is 0. The molecule has 5 nitrogen and oxygen atoms in total. The molecule has 1 amide bonds. The Morgan fingerprint density at radius 2 is 2.33 bits per heavy atom. The monoisotopic (exact) mass is 271 g/mol. The number of nitrogens with one attached hydrogen (secondary N) is 2. The van der Waals surface area contributed by atoms with E-state index < -0.39 is 0 Å². The second kappa shape index (κ2) is 4.50. The lowest BCUT2D eigenvalue weighted by Crippen LogP contribution is -2.42. The van der Waals surface area contributed by atoms with Crippen LogP contribution in [0.15, 0.2) is 28.7 Å². The Hall–Kier alpha value is -1.27. The fraction of sp³-hybridized carbons (Fsp3) is 0.222. The standard InChI is InChI=1S/C9H10BrN3O2/c10-7-2-1-3-8(6-7)11-12-13-4-5-15-9(13)14/h1-3,6,11-12H,4-5H2. The number of ether oxygens (including phenoxy) is 1. The zero-order chi connectivity index (χ0) is 10.7. The molecule has 0 saturated carbocycles. The van der Waals surface area contributed by atoms with Gasteiger partial charge < -0.3 is 10.2 Å². The molecule has 15 heavy (non-hydrogen) atoms. The minimum absolute atomic E-state index is 0.363. The number of anilines is 1. The van der Waals surface area contributed by atoms with E-state index in [9.17, 15) is 4.79 Å². The van der Waals surface area contributed by atoms with E-state index in [-0.39, 0.29) is 6.09 Å². The van der Waals surface area contributed by atoms with Gasteiger partial charge in [-0.15, -0.1) is 5.53 Å². The Balaban J connectivity index is 1.90. The number of hydrazine groups is 2. The zero-order valence-corrected chi connectivity index (χ0v) is 9.45. The molecule has 1 aromatic carbocycles. The highest BCUT2D eigenvalue weighted by atomic mass is 79.9. The maximum absolute atomic E-state index is 11.1. The van der Waals surface area contributed by atoms with Crippen molar-refractivity contribution in [2.24, 2.45) is 0 Å². The van der Waals surface area contributed by atoms with Crippen molar-refractivity contribution >= 4 is 27.7 Å². The third kappa shape index (κ3) is 2.60. The van der Waals surface area contributed by atoms with Crippen molar-refractivity contribution in [2.45, 2.75) is 0 Å². The molecule has 0 bridgehead atoms. The molecule has 1 aliphatic heterocycles. The van der Waals surface area contributed by atoms with Gasteiger partial charge in [0.2, 0.25) is 0 Å². The molecule has 0 radical (unpaired) electrons. The van der Waals surface area contributed by atoms with Crippen molar-refractivity contribution in [3.63, 3.8) is 0 Å². The van der Waals surface area contributed by atoms with Crippen LogP contribution in [0.2, 0.25) is 0 Å². The Bertz CT molecular complexity index is 372. The first-order chi connectivity index (χ1) is 7.25. The lowest BCUT2D eigenvalue weighted by Gasteiger charge is -2.15. The molecular formula is C9H10BrN3O2. The van der Waals surface area contributed by atoms with Crippen LogP contribution in [0.25, 0.3) is 0 Å². The fourth-order valence-electron chi connectivity index (χ4n) is 1.19. The second-order valence-electron chi connectivity index (χ2n) is 3.01. The van der Waals surface area contributed by atoms with Gasteiger partial charge in [0.05, 0.1) is 12.2 Å². The van der Waals surface area contributed by atoms with Gasteiger partial charge in [0.25, 0.3) is 0 Å². The van der Waals surface area contributed by atoms with Gasteiger partial charge in [-0.2, -0.15) is 0 Å². The molecule has 6 heteroatoms. The highest BCUT2D eigenvalue weighted by Crippen LogP contribution is 2.14. The molecule has 1 aliphatic rings. The smallest absolute Gasteiger partial charge is 0.425 e. The van der Waals surface area contributed by atoms with E-state index in [1.165, 1.54) is 5.01 Å². The molecule has 0 unspecified atom stereocenters. The first kappa shape index (κ1) is 10.3. The SMILES string of the molecule is O=C1OCCN1NNc1cccc(Br)c1. The van der Waals surface area contributed by atoms with Gasteiger partial charge in [0, 0.05) is 4.47 Å².